The number of nitrogens with zero attached hydrogens (tertiary/aromatic N) is 1. The van der Waals surface area contributed by atoms with Crippen molar-refractivity contribution in [2.24, 2.45) is 5.73 Å². The molecule has 0 heterocycles. The molecule has 1 rings (SSSR count). The summed E-state index contributed by atoms with van der Waals surface area (Å²) in [5, 5.41) is 8.86. The molecule has 0 amide bonds. The maximum absolute atomic E-state index is 8.86. The van der Waals surface area contributed by atoms with Crippen molar-refractivity contribution in [3.05, 3.63) is 29.5 Å². The molecule has 2 N–H and O–H groups in total. The summed E-state index contributed by atoms with van der Waals surface area (Å²) in [4.78, 5) is 0. The van der Waals surface area contributed by atoms with E-state index in [0.29, 0.717) is 29.2 Å². The van der Waals surface area contributed by atoms with Gasteiger partial charge < -0.3 is 19.9 Å². The van der Waals surface area contributed by atoms with Crippen molar-refractivity contribution >= 4 is 0 Å². The lowest BCUT2D eigenvalue weighted by molar-refractivity contribution is 0.324. The molecule has 0 bridgehead atoms. The Morgan fingerprint density at radius 1 is 1.22 bits per heavy atom. The minimum atomic E-state index is 0.420. The topological polar surface area (TPSA) is 77.5 Å². The van der Waals surface area contributed by atoms with E-state index in [-0.39, 0.29) is 0 Å². The second-order valence-corrected chi connectivity index (χ2v) is 3.51. The van der Waals surface area contributed by atoms with Gasteiger partial charge in [0.05, 0.1) is 27.4 Å². The van der Waals surface area contributed by atoms with Crippen LogP contribution in [0.4, 0.5) is 0 Å². The van der Waals surface area contributed by atoms with Gasteiger partial charge in [0, 0.05) is 18.2 Å². The van der Waals surface area contributed by atoms with Crippen LogP contribution in [-0.4, -0.2) is 21.3 Å². The zero-order valence-electron chi connectivity index (χ0n) is 10.7. The van der Waals surface area contributed by atoms with E-state index in [0.717, 1.165) is 5.56 Å². The number of nitrogens with two attached hydrogens (primary N) is 1. The maximum Gasteiger partial charge on any atom is 0.203 e. The third-order valence-corrected chi connectivity index (χ3v) is 2.46. The molecule has 0 aliphatic rings. The second-order valence-electron chi connectivity index (χ2n) is 3.51. The molecule has 0 aliphatic carbocycles. The Labute approximate surface area is 106 Å². The van der Waals surface area contributed by atoms with Crippen molar-refractivity contribution in [2.75, 3.05) is 21.3 Å². The predicted octanol–water partition coefficient (Wildman–Crippen LogP) is 1.62. The fourth-order valence-electron chi connectivity index (χ4n) is 1.59. The Morgan fingerprint density at radius 2 is 1.78 bits per heavy atom. The zero-order valence-corrected chi connectivity index (χ0v) is 10.7. The Kier molecular flexibility index (Phi) is 4.88. The highest BCUT2D eigenvalue weighted by atomic mass is 16.5. The first-order valence-corrected chi connectivity index (χ1v) is 5.29. The Bertz CT molecular complexity index is 464. The summed E-state index contributed by atoms with van der Waals surface area (Å²) in [5.74, 6) is 1.64. The predicted molar refractivity (Wildman–Crippen MR) is 67.7 cm³/mol. The first kappa shape index (κ1) is 13.7. The van der Waals surface area contributed by atoms with Crippen LogP contribution in [0.5, 0.6) is 17.2 Å². The smallest absolute Gasteiger partial charge is 0.203 e. The Balaban J connectivity index is 3.20. The lowest BCUT2D eigenvalue weighted by atomic mass is 10.1. The van der Waals surface area contributed by atoms with Crippen LogP contribution < -0.4 is 19.9 Å². The maximum atomic E-state index is 8.86. The van der Waals surface area contributed by atoms with Gasteiger partial charge in [-0.05, 0) is 17.7 Å². The third kappa shape index (κ3) is 2.86. The molecule has 5 heteroatoms. The average Bonchev–Trinajstić information content (AvgIpc) is 2.43. The Hall–Kier alpha value is -2.35. The molecule has 96 valence electrons. The van der Waals surface area contributed by atoms with Gasteiger partial charge in [-0.1, -0.05) is 0 Å². The van der Waals surface area contributed by atoms with Gasteiger partial charge in [-0.15, -0.1) is 0 Å². The summed E-state index contributed by atoms with van der Waals surface area (Å²) in [6.07, 6.45) is 1.72. The highest BCUT2D eigenvalue weighted by Crippen LogP contribution is 2.38. The van der Waals surface area contributed by atoms with E-state index in [2.05, 4.69) is 0 Å². The van der Waals surface area contributed by atoms with Crippen molar-refractivity contribution in [2.45, 2.75) is 6.42 Å². The molecule has 5 nitrogen and oxygen atoms in total. The van der Waals surface area contributed by atoms with E-state index in [1.165, 1.54) is 6.20 Å². The Morgan fingerprint density at radius 3 is 2.11 bits per heavy atom. The summed E-state index contributed by atoms with van der Waals surface area (Å²) in [7, 11) is 4.64. The number of allylic oxidation sites excluding steroid dienone is 1. The lowest BCUT2D eigenvalue weighted by Gasteiger charge is -2.13. The average molecular weight is 248 g/mol. The van der Waals surface area contributed by atoms with E-state index < -0.39 is 0 Å². The van der Waals surface area contributed by atoms with E-state index in [4.69, 9.17) is 25.2 Å². The van der Waals surface area contributed by atoms with Gasteiger partial charge in [-0.25, -0.2) is 0 Å². The molecule has 0 aliphatic heterocycles. The number of benzene rings is 1. The molecule has 0 unspecified atom stereocenters. The van der Waals surface area contributed by atoms with E-state index >= 15 is 0 Å². The number of methoxy groups -OCH3 is 3. The SMILES string of the molecule is COc1cc(C/C(C#N)=C/N)cc(OC)c1OC. The minimum absolute atomic E-state index is 0.420. The van der Waals surface area contributed by atoms with Gasteiger partial charge in [-0.3, -0.25) is 0 Å². The van der Waals surface area contributed by atoms with Crippen molar-refractivity contribution < 1.29 is 14.2 Å². The van der Waals surface area contributed by atoms with E-state index in [1.54, 1.807) is 33.5 Å². The summed E-state index contributed by atoms with van der Waals surface area (Å²) in [6, 6.07) is 5.61. The molecule has 1 aromatic carbocycles. The summed E-state index contributed by atoms with van der Waals surface area (Å²) >= 11 is 0. The zero-order chi connectivity index (χ0) is 13.5. The summed E-state index contributed by atoms with van der Waals surface area (Å²) < 4.78 is 15.7. The second kappa shape index (κ2) is 6.40. The molecule has 0 fully saturated rings. The van der Waals surface area contributed by atoms with Crippen LogP contribution in [0, 0.1) is 11.3 Å². The van der Waals surface area contributed by atoms with Gasteiger partial charge in [0.15, 0.2) is 11.5 Å². The fourth-order valence-corrected chi connectivity index (χ4v) is 1.59. The molecule has 0 atom stereocenters. The molecule has 1 aromatic rings. The van der Waals surface area contributed by atoms with Gasteiger partial charge in [0.25, 0.3) is 0 Å². The van der Waals surface area contributed by atoms with Gasteiger partial charge in [0.2, 0.25) is 5.75 Å². The van der Waals surface area contributed by atoms with Crippen LogP contribution in [0.2, 0.25) is 0 Å². The number of hydrogen-bond acceptors (Lipinski definition) is 5. The first-order chi connectivity index (χ1) is 8.69. The highest BCUT2D eigenvalue weighted by Gasteiger charge is 2.13. The molecule has 0 saturated carbocycles. The van der Waals surface area contributed by atoms with Gasteiger partial charge >= 0.3 is 0 Å². The van der Waals surface area contributed by atoms with Crippen LogP contribution >= 0.6 is 0 Å². The number of nitriles is 1. The summed E-state index contributed by atoms with van der Waals surface area (Å²) in [5.41, 5.74) is 6.70. The van der Waals surface area contributed by atoms with E-state index in [1.807, 2.05) is 6.07 Å². The number of hydrogen-bond donors (Lipinski definition) is 1. The van der Waals surface area contributed by atoms with Crippen molar-refractivity contribution in [3.63, 3.8) is 0 Å². The van der Waals surface area contributed by atoms with Crippen molar-refractivity contribution in [1.29, 1.82) is 5.26 Å². The third-order valence-electron chi connectivity index (χ3n) is 2.46. The molecular weight excluding hydrogens is 232 g/mol. The molecule has 0 radical (unpaired) electrons. The number of ether oxygens (including phenoxy) is 3. The van der Waals surface area contributed by atoms with Crippen LogP contribution in [0.15, 0.2) is 23.9 Å². The standard InChI is InChI=1S/C13H16N2O3/c1-16-11-5-9(4-10(7-14)8-15)6-12(17-2)13(11)18-3/h5-7H,4,14H2,1-3H3/b10-7-. The first-order valence-electron chi connectivity index (χ1n) is 5.29. The van der Waals surface area contributed by atoms with Crippen molar-refractivity contribution in [1.82, 2.24) is 0 Å². The van der Waals surface area contributed by atoms with Gasteiger partial charge in [0.1, 0.15) is 0 Å². The highest BCUT2D eigenvalue weighted by molar-refractivity contribution is 5.54. The van der Waals surface area contributed by atoms with Crippen LogP contribution in [0.1, 0.15) is 5.56 Å². The molecule has 18 heavy (non-hydrogen) atoms. The normalized spacial score (nSPS) is 10.7. The van der Waals surface area contributed by atoms with Gasteiger partial charge in [-0.2, -0.15) is 5.26 Å². The summed E-state index contributed by atoms with van der Waals surface area (Å²) in [6.45, 7) is 0. The minimum Gasteiger partial charge on any atom is -0.493 e. The molecular formula is C13H16N2O3. The fraction of sp³-hybridized carbons (Fsp3) is 0.308. The quantitative estimate of drug-likeness (QED) is 0.801. The lowest BCUT2D eigenvalue weighted by Crippen LogP contribution is -1.98. The molecule has 0 spiro atoms. The molecule has 0 aromatic heterocycles. The van der Waals surface area contributed by atoms with E-state index in [9.17, 15) is 0 Å². The molecule has 0 saturated heterocycles. The van der Waals surface area contributed by atoms with Crippen LogP contribution in [0.3, 0.4) is 0 Å². The van der Waals surface area contributed by atoms with Crippen molar-refractivity contribution in [3.8, 4) is 23.3 Å². The number of rotatable bonds is 5. The van der Waals surface area contributed by atoms with Crippen LogP contribution in [0.25, 0.3) is 0 Å². The monoisotopic (exact) mass is 248 g/mol. The van der Waals surface area contributed by atoms with Crippen LogP contribution in [-0.2, 0) is 6.42 Å². The largest absolute Gasteiger partial charge is 0.493 e.